The second-order valence-electron chi connectivity index (χ2n) is 10.0. The molecule has 2 aromatic rings. The zero-order valence-electron chi connectivity index (χ0n) is 19.2. The summed E-state index contributed by atoms with van der Waals surface area (Å²) in [5.41, 5.74) is 0.737. The topological polar surface area (TPSA) is 9.23 Å². The molecule has 6 heteroatoms. The van der Waals surface area contributed by atoms with E-state index >= 15 is 0 Å². The highest BCUT2D eigenvalue weighted by atomic mass is 19.3. The molecule has 0 spiro atoms. The minimum Gasteiger partial charge on any atom is -0.429 e. The molecule has 182 valence electrons. The van der Waals surface area contributed by atoms with Crippen molar-refractivity contribution < 1.29 is 26.7 Å². The molecule has 4 unspecified atom stereocenters. The van der Waals surface area contributed by atoms with E-state index in [9.17, 15) is 22.0 Å². The summed E-state index contributed by atoms with van der Waals surface area (Å²) in [5.74, 6) is -2.46. The van der Waals surface area contributed by atoms with Crippen molar-refractivity contribution in [3.63, 3.8) is 0 Å². The lowest BCUT2D eigenvalue weighted by atomic mass is 9.63. The summed E-state index contributed by atoms with van der Waals surface area (Å²) < 4.78 is 72.6. The Morgan fingerprint density at radius 3 is 2.39 bits per heavy atom. The highest BCUT2D eigenvalue weighted by molar-refractivity contribution is 5.86. The average molecular weight is 469 g/mol. The molecule has 2 saturated carbocycles. The SMILES string of the molecule is CCCCCCC1CCC2CC(c3cc(F)c4c(F)c(OC(F)F)c(F)cc4c3)CCC2C1. The quantitative estimate of drug-likeness (QED) is 0.277. The first-order valence-electron chi connectivity index (χ1n) is 12.4. The lowest BCUT2D eigenvalue weighted by molar-refractivity contribution is -0.0544. The molecule has 0 amide bonds. The van der Waals surface area contributed by atoms with Gasteiger partial charge in [0.15, 0.2) is 17.4 Å². The molecular formula is C27H33F5O. The summed E-state index contributed by atoms with van der Waals surface area (Å²) in [6, 6.07) is 3.79. The van der Waals surface area contributed by atoms with Crippen molar-refractivity contribution in [1.82, 2.24) is 0 Å². The van der Waals surface area contributed by atoms with Crippen LogP contribution < -0.4 is 4.74 Å². The Labute approximate surface area is 192 Å². The van der Waals surface area contributed by atoms with Crippen LogP contribution in [0.2, 0.25) is 0 Å². The van der Waals surface area contributed by atoms with Gasteiger partial charge in [0.25, 0.3) is 0 Å². The van der Waals surface area contributed by atoms with E-state index < -0.39 is 35.2 Å². The number of rotatable bonds is 8. The molecule has 0 saturated heterocycles. The Bertz CT molecular complexity index is 959. The molecule has 2 fully saturated rings. The Morgan fingerprint density at radius 1 is 0.879 bits per heavy atom. The number of benzene rings is 2. The van der Waals surface area contributed by atoms with Crippen LogP contribution in [0, 0.1) is 35.2 Å². The van der Waals surface area contributed by atoms with E-state index in [1.807, 2.05) is 0 Å². The van der Waals surface area contributed by atoms with Gasteiger partial charge in [0.2, 0.25) is 0 Å². The molecule has 0 aliphatic heterocycles. The average Bonchev–Trinajstić information content (AvgIpc) is 2.78. The molecule has 0 bridgehead atoms. The van der Waals surface area contributed by atoms with Gasteiger partial charge in [0, 0.05) is 0 Å². The number of ether oxygens (including phenoxy) is 1. The van der Waals surface area contributed by atoms with E-state index in [2.05, 4.69) is 11.7 Å². The number of halogens is 5. The highest BCUT2D eigenvalue weighted by Crippen LogP contribution is 2.49. The van der Waals surface area contributed by atoms with Crippen LogP contribution in [0.15, 0.2) is 18.2 Å². The summed E-state index contributed by atoms with van der Waals surface area (Å²) in [6.45, 7) is -1.16. The monoisotopic (exact) mass is 468 g/mol. The van der Waals surface area contributed by atoms with Crippen molar-refractivity contribution in [1.29, 1.82) is 0 Å². The van der Waals surface area contributed by atoms with Crippen LogP contribution >= 0.6 is 0 Å². The normalized spacial score (nSPS) is 25.4. The number of alkyl halides is 2. The van der Waals surface area contributed by atoms with Gasteiger partial charge in [-0.1, -0.05) is 51.5 Å². The predicted molar refractivity (Wildman–Crippen MR) is 120 cm³/mol. The standard InChI is InChI=1S/C27H33F5O/c1-2-3-4-5-6-16-7-8-18-12-19(10-9-17(18)11-16)20-13-21-15-23(29)26(33-27(31)32)25(30)24(21)22(28)14-20/h13-19,27H,2-12H2,1H3. The Morgan fingerprint density at radius 2 is 1.64 bits per heavy atom. The summed E-state index contributed by atoms with van der Waals surface area (Å²) in [6.07, 6.45) is 13.3. The second kappa shape index (κ2) is 10.6. The molecule has 0 N–H and O–H groups in total. The van der Waals surface area contributed by atoms with Crippen LogP contribution in [-0.2, 0) is 0 Å². The molecule has 4 rings (SSSR count). The van der Waals surface area contributed by atoms with Crippen LogP contribution in [0.25, 0.3) is 10.8 Å². The zero-order chi connectivity index (χ0) is 23.5. The number of hydrogen-bond donors (Lipinski definition) is 0. The molecule has 0 aromatic heterocycles. The minimum atomic E-state index is -3.39. The van der Waals surface area contributed by atoms with Crippen molar-refractivity contribution >= 4 is 10.8 Å². The number of unbranched alkanes of at least 4 members (excludes halogenated alkanes) is 3. The van der Waals surface area contributed by atoms with E-state index in [-0.39, 0.29) is 11.3 Å². The predicted octanol–water partition coefficient (Wildman–Crippen LogP) is 9.13. The van der Waals surface area contributed by atoms with Crippen LogP contribution in [0.4, 0.5) is 22.0 Å². The van der Waals surface area contributed by atoms with Gasteiger partial charge in [-0.2, -0.15) is 8.78 Å². The van der Waals surface area contributed by atoms with Crippen molar-refractivity contribution in [2.75, 3.05) is 0 Å². The Balaban J connectivity index is 1.46. The third kappa shape index (κ3) is 5.46. The van der Waals surface area contributed by atoms with Gasteiger partial charge in [-0.3, -0.25) is 0 Å². The van der Waals surface area contributed by atoms with Gasteiger partial charge in [-0.25, -0.2) is 13.2 Å². The molecule has 0 heterocycles. The van der Waals surface area contributed by atoms with E-state index in [1.165, 1.54) is 57.4 Å². The maximum atomic E-state index is 14.9. The fourth-order valence-electron chi connectivity index (χ4n) is 6.26. The fraction of sp³-hybridized carbons (Fsp3) is 0.630. The summed E-state index contributed by atoms with van der Waals surface area (Å²) in [5, 5.41) is -0.465. The molecule has 2 aromatic carbocycles. The molecule has 33 heavy (non-hydrogen) atoms. The van der Waals surface area contributed by atoms with Crippen molar-refractivity contribution in [3.8, 4) is 5.75 Å². The van der Waals surface area contributed by atoms with Crippen LogP contribution in [0.5, 0.6) is 5.75 Å². The second-order valence-corrected chi connectivity index (χ2v) is 10.0. The lowest BCUT2D eigenvalue weighted by Crippen LogP contribution is -2.30. The van der Waals surface area contributed by atoms with Gasteiger partial charge >= 0.3 is 6.61 Å². The smallest absolute Gasteiger partial charge is 0.387 e. The van der Waals surface area contributed by atoms with Crippen LogP contribution in [0.3, 0.4) is 0 Å². The largest absolute Gasteiger partial charge is 0.429 e. The zero-order valence-corrected chi connectivity index (χ0v) is 19.2. The van der Waals surface area contributed by atoms with Gasteiger partial charge in [0.05, 0.1) is 5.39 Å². The molecule has 0 radical (unpaired) electrons. The van der Waals surface area contributed by atoms with Gasteiger partial charge in [0.1, 0.15) is 5.82 Å². The van der Waals surface area contributed by atoms with Gasteiger partial charge in [-0.05, 0) is 78.9 Å². The molecule has 4 atom stereocenters. The van der Waals surface area contributed by atoms with Crippen LogP contribution in [-0.4, -0.2) is 6.61 Å². The lowest BCUT2D eigenvalue weighted by Gasteiger charge is -2.42. The molecule has 2 aliphatic rings. The van der Waals surface area contributed by atoms with E-state index in [1.54, 1.807) is 6.07 Å². The molecule has 1 nitrogen and oxygen atoms in total. The minimum absolute atomic E-state index is 0.0412. The fourth-order valence-corrected chi connectivity index (χ4v) is 6.26. The van der Waals surface area contributed by atoms with Crippen molar-refractivity contribution in [3.05, 3.63) is 41.2 Å². The maximum absolute atomic E-state index is 14.9. The van der Waals surface area contributed by atoms with Crippen molar-refractivity contribution in [2.45, 2.75) is 90.1 Å². The van der Waals surface area contributed by atoms with E-state index in [0.29, 0.717) is 5.92 Å². The third-order valence-electron chi connectivity index (χ3n) is 7.93. The van der Waals surface area contributed by atoms with Gasteiger partial charge in [-0.15, -0.1) is 0 Å². The van der Waals surface area contributed by atoms with Crippen LogP contribution in [0.1, 0.15) is 89.0 Å². The number of hydrogen-bond acceptors (Lipinski definition) is 1. The maximum Gasteiger partial charge on any atom is 0.387 e. The number of fused-ring (bicyclic) bond motifs is 2. The van der Waals surface area contributed by atoms with Gasteiger partial charge < -0.3 is 4.74 Å². The first-order valence-corrected chi connectivity index (χ1v) is 12.4. The summed E-state index contributed by atoms with van der Waals surface area (Å²) >= 11 is 0. The Hall–Kier alpha value is -1.85. The summed E-state index contributed by atoms with van der Waals surface area (Å²) in [4.78, 5) is 0. The Kier molecular flexibility index (Phi) is 7.80. The third-order valence-corrected chi connectivity index (χ3v) is 7.93. The van der Waals surface area contributed by atoms with E-state index in [4.69, 9.17) is 0 Å². The molecule has 2 aliphatic carbocycles. The first-order chi connectivity index (χ1) is 15.9. The van der Waals surface area contributed by atoms with Crippen molar-refractivity contribution in [2.24, 2.45) is 17.8 Å². The highest BCUT2D eigenvalue weighted by Gasteiger charge is 2.36. The molecular weight excluding hydrogens is 435 g/mol. The van der Waals surface area contributed by atoms with E-state index in [0.717, 1.165) is 42.7 Å². The first kappa shape index (κ1) is 24.3. The summed E-state index contributed by atoms with van der Waals surface area (Å²) in [7, 11) is 0.